The normalized spacial score (nSPS) is 50.7. The van der Waals surface area contributed by atoms with Crippen LogP contribution >= 0.6 is 0 Å². The molecule has 16 aliphatic carbocycles. The van der Waals surface area contributed by atoms with E-state index in [0.29, 0.717) is 55.3 Å². The first kappa shape index (κ1) is 58.5. The van der Waals surface area contributed by atoms with Crippen LogP contribution in [0.2, 0.25) is 13.1 Å². The molecule has 0 heterocycles. The molecule has 16 aliphatic rings. The quantitative estimate of drug-likeness (QED) is 0.0815. The van der Waals surface area contributed by atoms with E-state index in [0.717, 1.165) is 143 Å². The van der Waals surface area contributed by atoms with Crippen LogP contribution in [0.15, 0.2) is 0 Å². The third-order valence-electron chi connectivity index (χ3n) is 27.5. The summed E-state index contributed by atoms with van der Waals surface area (Å²) >= 11 is 0. The Labute approximate surface area is 458 Å². The maximum absolute atomic E-state index is 13.0. The molecule has 8 nitrogen and oxygen atoms in total. The number of aliphatic hydroxyl groups excluding tert-OH is 2. The second kappa shape index (κ2) is 20.7. The zero-order chi connectivity index (χ0) is 54.2. The van der Waals surface area contributed by atoms with Crippen molar-refractivity contribution in [1.82, 2.24) is 0 Å². The maximum Gasteiger partial charge on any atom is 0.497 e. The van der Waals surface area contributed by atoms with Crippen LogP contribution in [0.1, 0.15) is 124 Å². The van der Waals surface area contributed by atoms with Crippen LogP contribution in [0.4, 0.5) is 26.3 Å². The standard InChI is InChI=1S/2C25H32F3O.C7H18O3Si.C4H12O3Si.2Rf/c2*26-25(27,28)18(29)6-11-4-12-5-13(11)22-17-8-16(21(12)22)23-14-7-15(24(17)23)20-10-2-1-9(3-10)19(14)20;1-5-8-11(4,9-6-2)10-7-3;1-5-8(4,6-2)7-3;;/h2*9-17,19-24,29H,1-8H2;5-7H2,1-4H3;1-4H3;;/q2*-1;;;;. The van der Waals surface area contributed by atoms with Gasteiger partial charge >= 0.3 is 17.6 Å². The summed E-state index contributed by atoms with van der Waals surface area (Å²) in [6.07, 6.45) is 7.51. The Morgan fingerprint density at radius 3 is 0.861 bits per heavy atom. The molecule has 0 amide bonds. The van der Waals surface area contributed by atoms with Crippen molar-refractivity contribution < 1.29 is 63.1 Å². The molecular weight excluding hydrogens is 1560 g/mol. The first-order valence-electron chi connectivity index (χ1n) is 31.5. The van der Waals surface area contributed by atoms with E-state index in [9.17, 15) is 36.6 Å². The van der Waals surface area contributed by atoms with E-state index in [4.69, 9.17) is 26.6 Å². The summed E-state index contributed by atoms with van der Waals surface area (Å²) in [4.78, 5) is 0. The van der Waals surface area contributed by atoms with Crippen molar-refractivity contribution in [2.24, 2.45) is 178 Å². The predicted octanol–water partition coefficient (Wildman–Crippen LogP) is 14.0. The van der Waals surface area contributed by atoms with Crippen molar-refractivity contribution >= 4 is 17.6 Å². The predicted molar refractivity (Wildman–Crippen MR) is 280 cm³/mol. The Hall–Kier alpha value is -2.31. The number of fused-ring (bicyclic) bond motifs is 46. The summed E-state index contributed by atoms with van der Waals surface area (Å²) in [5.41, 5.74) is 0. The molecule has 0 saturated heterocycles. The van der Waals surface area contributed by atoms with Crippen LogP contribution in [-0.2, 0) is 26.6 Å². The molecule has 16 rings (SSSR count). The van der Waals surface area contributed by atoms with Gasteiger partial charge in [0.25, 0.3) is 12.4 Å². The smallest absolute Gasteiger partial charge is 0.497 e. The van der Waals surface area contributed by atoms with Crippen molar-refractivity contribution in [2.45, 2.75) is 149 Å². The van der Waals surface area contributed by atoms with Gasteiger partial charge in [-0.3, -0.25) is 0 Å². The minimum atomic E-state index is -4.53. The molecule has 16 fully saturated rings. The van der Waals surface area contributed by atoms with Gasteiger partial charge in [0.2, 0.25) is 0 Å². The van der Waals surface area contributed by atoms with Gasteiger partial charge in [-0.25, -0.2) is 26.3 Å². The van der Waals surface area contributed by atoms with E-state index in [-0.39, 0.29) is 24.7 Å². The van der Waals surface area contributed by atoms with Gasteiger partial charge in [-0.15, -0.1) is 12.8 Å². The van der Waals surface area contributed by atoms with Gasteiger partial charge < -0.3 is 36.8 Å². The Balaban J connectivity index is 0.000000125. The van der Waals surface area contributed by atoms with E-state index in [1.54, 1.807) is 21.3 Å². The fraction of sp³-hybridized carbons (Fsp3) is 0.967. The van der Waals surface area contributed by atoms with Gasteiger partial charge in [0.15, 0.2) is 0 Å². The zero-order valence-electron chi connectivity index (χ0n) is 48.8. The molecule has 2 N–H and O–H groups in total. The van der Waals surface area contributed by atoms with Gasteiger partial charge in [-0.1, -0.05) is 24.0 Å². The van der Waals surface area contributed by atoms with E-state index in [1.807, 2.05) is 33.9 Å². The molecule has 0 aliphatic heterocycles. The summed E-state index contributed by atoms with van der Waals surface area (Å²) in [6.45, 7) is 11.6. The number of halogens is 6. The first-order chi connectivity index (χ1) is 36.7. The topological polar surface area (TPSA) is 95.8 Å². The summed E-state index contributed by atoms with van der Waals surface area (Å²) in [5.74, 6) is 25.3. The molecular formula is C61H94F6O8Rf2Si2-2. The number of rotatable bonds is 13. The molecule has 0 radical (unpaired) electrons. The minimum Gasteiger partial charge on any atom is -0.554 e. The molecule has 0 spiro atoms. The van der Waals surface area contributed by atoms with Crippen molar-refractivity contribution in [3.63, 3.8) is 0 Å². The molecule has 16 saturated carbocycles. The zero-order valence-corrected chi connectivity index (χ0v) is 63.6. The second-order valence-electron chi connectivity index (χ2n) is 29.1. The van der Waals surface area contributed by atoms with Crippen LogP contribution in [0.25, 0.3) is 0 Å². The third kappa shape index (κ3) is 8.75. The summed E-state index contributed by atoms with van der Waals surface area (Å²) < 4.78 is 109. The molecule has 0 aromatic rings. The number of hydrogen-bond acceptors (Lipinski definition) is 8. The van der Waals surface area contributed by atoms with Crippen LogP contribution < -0.4 is 0 Å². The van der Waals surface area contributed by atoms with Gasteiger partial charge in [0.1, 0.15) is 0 Å². The van der Waals surface area contributed by atoms with E-state index in [2.05, 4.69) is 0 Å². The van der Waals surface area contributed by atoms with Crippen LogP contribution in [0.5, 0.6) is 0 Å². The fourth-order valence-corrected chi connectivity index (χ4v) is 29.0. The Bertz CT molecular complexity index is 2000. The van der Waals surface area contributed by atoms with Crippen LogP contribution in [-0.4, -0.2) is 81.3 Å². The molecule has 79 heavy (non-hydrogen) atoms. The van der Waals surface area contributed by atoms with Gasteiger partial charge in [0.05, 0.1) is 0 Å². The van der Waals surface area contributed by atoms with E-state index < -0.39 is 42.2 Å². The van der Waals surface area contributed by atoms with Crippen LogP contribution in [0.3, 0.4) is 0 Å². The molecule has 442 valence electrons. The van der Waals surface area contributed by atoms with Crippen molar-refractivity contribution in [3.05, 3.63) is 12.2 Å². The van der Waals surface area contributed by atoms with Crippen LogP contribution in [0, 0.1) is 190 Å². The second-order valence-corrected chi connectivity index (χ2v) is 34.6. The maximum atomic E-state index is 13.0. The molecule has 30 atom stereocenters. The average Bonchev–Trinajstić information content (AvgIpc) is 1.68. The average molecular weight is 1660 g/mol. The van der Waals surface area contributed by atoms with Gasteiger partial charge in [-0.05, 0) is 276 Å². The molecule has 16 bridgehead atoms. The number of alkyl halides is 6. The number of hydrogen-bond donors (Lipinski definition) is 2. The fourth-order valence-electron chi connectivity index (χ4n) is 26.7. The van der Waals surface area contributed by atoms with E-state index >= 15 is 0 Å². The van der Waals surface area contributed by atoms with E-state index in [1.165, 1.54) is 77.0 Å². The van der Waals surface area contributed by atoms with Crippen molar-refractivity contribution in [2.75, 3.05) is 41.2 Å². The van der Waals surface area contributed by atoms with Gasteiger partial charge in [0, 0.05) is 54.2 Å². The molecule has 30 unspecified atom stereocenters. The van der Waals surface area contributed by atoms with Crippen molar-refractivity contribution in [3.8, 4) is 0 Å². The monoisotopic (exact) mass is 1660 g/mol. The molecule has 0 aromatic carbocycles. The Morgan fingerprint density at radius 2 is 0.620 bits per heavy atom. The van der Waals surface area contributed by atoms with Crippen molar-refractivity contribution in [1.29, 1.82) is 0 Å². The third-order valence-corrected chi connectivity index (χ3v) is 32.2. The molecule has 18 heteroatoms. The Kier molecular flexibility index (Phi) is 15.3. The summed E-state index contributed by atoms with van der Waals surface area (Å²) in [6, 6.07) is 0. The number of aliphatic hydroxyl groups is 2. The first-order valence-corrected chi connectivity index (χ1v) is 36.0. The largest absolute Gasteiger partial charge is 0.554 e. The SMILES string of the molecule is CCO[Si](C)(OCC)OCC.CO[Si](C)(OC)OC.O[C-](CC1CC2CC1C1C3CC(C21)C1C2CC(C4C5CCC(C5)C24)C31)C(F)(F)F.O[C-](CC1CC2CC1C1C3CC(C21)C1C2CC(C4C5CCC(C5)C24)C31)C(F)(F)F.[Rf].[Rf]. The molecule has 0 aromatic heterocycles. The van der Waals surface area contributed by atoms with Gasteiger partial charge in [-0.2, -0.15) is 0 Å². The summed E-state index contributed by atoms with van der Waals surface area (Å²) in [5, 5.41) is 19.3. The minimum absolute atomic E-state index is 0. The Morgan fingerprint density at radius 1 is 0.367 bits per heavy atom. The summed E-state index contributed by atoms with van der Waals surface area (Å²) in [7, 11) is 0.327.